The number of nitrogens with zero attached hydrogens (tertiary/aromatic N) is 2. The number of aromatic nitrogens is 2. The van der Waals surface area contributed by atoms with Gasteiger partial charge >= 0.3 is 0 Å². The summed E-state index contributed by atoms with van der Waals surface area (Å²) in [7, 11) is 0. The van der Waals surface area contributed by atoms with Gasteiger partial charge in [-0.2, -0.15) is 5.10 Å². The minimum atomic E-state index is 0.0777. The Balaban J connectivity index is 2.34. The fourth-order valence-electron chi connectivity index (χ4n) is 2.49. The highest BCUT2D eigenvalue weighted by atomic mass is 79.9. The molecule has 0 bridgehead atoms. The van der Waals surface area contributed by atoms with Crippen LogP contribution < -0.4 is 11.3 Å². The van der Waals surface area contributed by atoms with Crippen molar-refractivity contribution in [2.75, 3.05) is 0 Å². The third-order valence-corrected chi connectivity index (χ3v) is 4.65. The van der Waals surface area contributed by atoms with Gasteiger partial charge in [0.15, 0.2) is 0 Å². The van der Waals surface area contributed by atoms with E-state index in [0.29, 0.717) is 0 Å². The van der Waals surface area contributed by atoms with Crippen molar-refractivity contribution in [1.29, 1.82) is 0 Å². The maximum atomic E-state index is 5.77. The van der Waals surface area contributed by atoms with E-state index in [9.17, 15) is 0 Å². The molecule has 1 aromatic carbocycles. The topological polar surface area (TPSA) is 55.9 Å². The summed E-state index contributed by atoms with van der Waals surface area (Å²) >= 11 is 3.64. The predicted molar refractivity (Wildman–Crippen MR) is 85.3 cm³/mol. The highest BCUT2D eigenvalue weighted by molar-refractivity contribution is 9.10. The number of aryl methyl sites for hydroxylation is 3. The van der Waals surface area contributed by atoms with E-state index >= 15 is 0 Å². The summed E-state index contributed by atoms with van der Waals surface area (Å²) in [5, 5.41) is 4.53. The molecule has 0 saturated heterocycles. The number of hydrogen-bond acceptors (Lipinski definition) is 3. The third kappa shape index (κ3) is 2.95. The zero-order valence-corrected chi connectivity index (χ0v) is 13.7. The molecule has 0 spiro atoms. The van der Waals surface area contributed by atoms with Gasteiger partial charge in [0, 0.05) is 13.0 Å². The van der Waals surface area contributed by atoms with E-state index in [0.717, 1.165) is 23.1 Å². The summed E-state index contributed by atoms with van der Waals surface area (Å²) in [5.41, 5.74) is 7.59. The number of nitrogens with two attached hydrogens (primary N) is 1. The van der Waals surface area contributed by atoms with Gasteiger partial charge in [-0.15, -0.1) is 0 Å². The van der Waals surface area contributed by atoms with Crippen molar-refractivity contribution in [3.8, 4) is 0 Å². The molecule has 0 radical (unpaired) electrons. The molecule has 2 rings (SSSR count). The second kappa shape index (κ2) is 6.52. The van der Waals surface area contributed by atoms with Crippen LogP contribution in [0.15, 0.2) is 28.7 Å². The largest absolute Gasteiger partial charge is 0.271 e. The van der Waals surface area contributed by atoms with E-state index in [1.807, 2.05) is 23.7 Å². The molecule has 0 aliphatic rings. The van der Waals surface area contributed by atoms with Gasteiger partial charge in [0.05, 0.1) is 21.9 Å². The van der Waals surface area contributed by atoms with Gasteiger partial charge in [-0.1, -0.05) is 24.3 Å². The quantitative estimate of drug-likeness (QED) is 0.651. The van der Waals surface area contributed by atoms with Gasteiger partial charge in [-0.05, 0) is 47.8 Å². The number of benzene rings is 1. The van der Waals surface area contributed by atoms with Crippen LogP contribution in [0.4, 0.5) is 0 Å². The van der Waals surface area contributed by atoms with E-state index in [1.54, 1.807) is 0 Å². The predicted octanol–water partition coefficient (Wildman–Crippen LogP) is 3.03. The minimum absolute atomic E-state index is 0.0777. The molecule has 108 valence electrons. The average Bonchev–Trinajstić information content (AvgIpc) is 2.73. The molecule has 1 heterocycles. The number of rotatable bonds is 5. The lowest BCUT2D eigenvalue weighted by molar-refractivity contribution is 0.514. The van der Waals surface area contributed by atoms with Crippen LogP contribution in [0.2, 0.25) is 0 Å². The smallest absolute Gasteiger partial charge is 0.0738 e. The third-order valence-electron chi connectivity index (χ3n) is 3.62. The van der Waals surface area contributed by atoms with Crippen molar-refractivity contribution < 1.29 is 0 Å². The number of hydrogen-bond donors (Lipinski definition) is 2. The van der Waals surface area contributed by atoms with Crippen molar-refractivity contribution in [3.63, 3.8) is 0 Å². The number of nitrogens with one attached hydrogen (secondary N) is 1. The first-order valence-corrected chi connectivity index (χ1v) is 7.61. The Labute approximate surface area is 128 Å². The summed E-state index contributed by atoms with van der Waals surface area (Å²) in [6.07, 6.45) is 0.802. The summed E-state index contributed by atoms with van der Waals surface area (Å²) in [5.74, 6) is 5.77. The maximum Gasteiger partial charge on any atom is 0.0738 e. The molecule has 2 aromatic rings. The molecule has 5 heteroatoms. The first kappa shape index (κ1) is 15.2. The first-order valence-electron chi connectivity index (χ1n) is 6.81. The minimum Gasteiger partial charge on any atom is -0.271 e. The van der Waals surface area contributed by atoms with Gasteiger partial charge in [-0.25, -0.2) is 0 Å². The summed E-state index contributed by atoms with van der Waals surface area (Å²) in [6.45, 7) is 7.07. The van der Waals surface area contributed by atoms with Crippen LogP contribution in [0.25, 0.3) is 0 Å². The van der Waals surface area contributed by atoms with Crippen LogP contribution in [0.3, 0.4) is 0 Å². The lowest BCUT2D eigenvalue weighted by atomic mass is 9.98. The van der Waals surface area contributed by atoms with E-state index < -0.39 is 0 Å². The van der Waals surface area contributed by atoms with Gasteiger partial charge in [0.25, 0.3) is 0 Å². The Kier molecular flexibility index (Phi) is 4.96. The Bertz CT molecular complexity index is 592. The van der Waals surface area contributed by atoms with Crippen LogP contribution in [-0.4, -0.2) is 9.78 Å². The van der Waals surface area contributed by atoms with Crippen molar-refractivity contribution in [1.82, 2.24) is 15.2 Å². The van der Waals surface area contributed by atoms with E-state index in [4.69, 9.17) is 5.84 Å². The Morgan fingerprint density at radius 3 is 2.65 bits per heavy atom. The zero-order chi connectivity index (χ0) is 14.7. The average molecular weight is 337 g/mol. The zero-order valence-electron chi connectivity index (χ0n) is 12.2. The second-order valence-corrected chi connectivity index (χ2v) is 5.73. The molecule has 1 atom stereocenters. The number of hydrazine groups is 1. The summed E-state index contributed by atoms with van der Waals surface area (Å²) in [6, 6.07) is 8.39. The summed E-state index contributed by atoms with van der Waals surface area (Å²) < 4.78 is 3.11. The van der Waals surface area contributed by atoms with Crippen molar-refractivity contribution in [3.05, 3.63) is 51.3 Å². The van der Waals surface area contributed by atoms with Crippen LogP contribution in [-0.2, 0) is 13.0 Å². The number of halogens is 1. The van der Waals surface area contributed by atoms with Crippen LogP contribution in [0.5, 0.6) is 0 Å². The fourth-order valence-corrected chi connectivity index (χ4v) is 2.94. The highest BCUT2D eigenvalue weighted by Crippen LogP contribution is 2.27. The SMILES string of the molecule is CCn1nc(C)c(Br)c1CC(NN)c1ccccc1C. The van der Waals surface area contributed by atoms with Gasteiger partial charge in [0.2, 0.25) is 0 Å². The Hall–Kier alpha value is -1.17. The molecular weight excluding hydrogens is 316 g/mol. The molecule has 1 aromatic heterocycles. The molecule has 1 unspecified atom stereocenters. The van der Waals surface area contributed by atoms with Crippen LogP contribution in [0, 0.1) is 13.8 Å². The monoisotopic (exact) mass is 336 g/mol. The molecular formula is C15H21BrN4. The van der Waals surface area contributed by atoms with Gasteiger partial charge in [-0.3, -0.25) is 16.0 Å². The fraction of sp³-hybridized carbons (Fsp3) is 0.400. The van der Waals surface area contributed by atoms with Gasteiger partial charge < -0.3 is 0 Å². The summed E-state index contributed by atoms with van der Waals surface area (Å²) in [4.78, 5) is 0. The molecule has 0 saturated carbocycles. The van der Waals surface area contributed by atoms with Crippen molar-refractivity contribution in [2.24, 2.45) is 5.84 Å². The standard InChI is InChI=1S/C15H21BrN4/c1-4-20-14(15(16)11(3)19-20)9-13(18-17)12-8-6-5-7-10(12)2/h5-8,13,18H,4,9,17H2,1-3H3. The van der Waals surface area contributed by atoms with E-state index in [1.165, 1.54) is 16.8 Å². The van der Waals surface area contributed by atoms with Crippen LogP contribution in [0.1, 0.15) is 35.5 Å². The van der Waals surface area contributed by atoms with Crippen molar-refractivity contribution >= 4 is 15.9 Å². The molecule has 20 heavy (non-hydrogen) atoms. The lowest BCUT2D eigenvalue weighted by Crippen LogP contribution is -2.30. The van der Waals surface area contributed by atoms with Gasteiger partial charge in [0.1, 0.15) is 0 Å². The Morgan fingerprint density at radius 2 is 2.05 bits per heavy atom. The maximum absolute atomic E-state index is 5.77. The van der Waals surface area contributed by atoms with E-state index in [-0.39, 0.29) is 6.04 Å². The normalized spacial score (nSPS) is 12.7. The molecule has 4 nitrogen and oxygen atoms in total. The Morgan fingerprint density at radius 1 is 1.35 bits per heavy atom. The lowest BCUT2D eigenvalue weighted by Gasteiger charge is -2.19. The molecule has 0 amide bonds. The van der Waals surface area contributed by atoms with E-state index in [2.05, 4.69) is 52.4 Å². The van der Waals surface area contributed by atoms with Crippen LogP contribution >= 0.6 is 15.9 Å². The van der Waals surface area contributed by atoms with Crippen molar-refractivity contribution in [2.45, 2.75) is 39.8 Å². The molecule has 3 N–H and O–H groups in total. The highest BCUT2D eigenvalue weighted by Gasteiger charge is 2.19. The molecule has 0 aliphatic carbocycles. The first-order chi connectivity index (χ1) is 9.58. The molecule has 0 fully saturated rings. The second-order valence-electron chi connectivity index (χ2n) is 4.94. The molecule has 0 aliphatic heterocycles.